The molecular weight excluding hydrogens is 430 g/mol. The molecule has 1 aliphatic rings. The monoisotopic (exact) mass is 453 g/mol. The maximum atomic E-state index is 6.15. The van der Waals surface area contributed by atoms with E-state index < -0.39 is 0 Å². The van der Waals surface area contributed by atoms with Gasteiger partial charge in [-0.05, 0) is 31.9 Å². The van der Waals surface area contributed by atoms with E-state index in [4.69, 9.17) is 19.2 Å². The van der Waals surface area contributed by atoms with E-state index in [-0.39, 0.29) is 5.92 Å². The molecule has 0 fully saturated rings. The summed E-state index contributed by atoms with van der Waals surface area (Å²) in [4.78, 5) is 18.4. The zero-order chi connectivity index (χ0) is 23.1. The number of fused-ring (bicyclic) bond motifs is 1. The number of ether oxygens (including phenoxy) is 1. The number of nitrogens with zero attached hydrogens (tertiary/aromatic N) is 7. The highest BCUT2D eigenvalue weighted by Gasteiger charge is 2.30. The Balaban J connectivity index is 1.34. The van der Waals surface area contributed by atoms with Gasteiger partial charge in [-0.15, -0.1) is 5.10 Å². The van der Waals surface area contributed by atoms with Crippen LogP contribution in [0.4, 0.5) is 0 Å². The topological polar surface area (TPSA) is 96.7 Å². The molecule has 5 aromatic rings. The summed E-state index contributed by atoms with van der Waals surface area (Å²) in [6, 6.07) is 13.8. The van der Waals surface area contributed by atoms with Gasteiger partial charge < -0.3 is 13.7 Å². The second-order valence-electron chi connectivity index (χ2n) is 8.29. The predicted octanol–water partition coefficient (Wildman–Crippen LogP) is 4.42. The highest BCUT2D eigenvalue weighted by atomic mass is 16.5. The van der Waals surface area contributed by atoms with Gasteiger partial charge in [-0.1, -0.05) is 30.3 Å². The summed E-state index contributed by atoms with van der Waals surface area (Å²) < 4.78 is 15.5. The average molecular weight is 454 g/mol. The SMILES string of the molecule is COc1nc(-c2nc3n(n2)CCCC3c2ncc(-c3ccccc3)o2)ccc1-n1cnc(C)c1. The Labute approximate surface area is 196 Å². The molecule has 0 aliphatic carbocycles. The van der Waals surface area contributed by atoms with Crippen LogP contribution in [0.1, 0.15) is 36.2 Å². The lowest BCUT2D eigenvalue weighted by atomic mass is 9.99. The molecule has 170 valence electrons. The number of aromatic nitrogens is 7. The van der Waals surface area contributed by atoms with Crippen LogP contribution >= 0.6 is 0 Å². The zero-order valence-electron chi connectivity index (χ0n) is 18.9. The number of oxazole rings is 1. The molecule has 0 radical (unpaired) electrons. The van der Waals surface area contributed by atoms with Gasteiger partial charge >= 0.3 is 0 Å². The third kappa shape index (κ3) is 3.55. The molecule has 9 heteroatoms. The van der Waals surface area contributed by atoms with Crippen molar-refractivity contribution in [1.82, 2.24) is 34.3 Å². The van der Waals surface area contributed by atoms with Crippen LogP contribution in [0.25, 0.3) is 28.5 Å². The lowest BCUT2D eigenvalue weighted by Crippen LogP contribution is -2.18. The molecule has 9 nitrogen and oxygen atoms in total. The molecule has 0 spiro atoms. The van der Waals surface area contributed by atoms with Crippen molar-refractivity contribution < 1.29 is 9.15 Å². The smallest absolute Gasteiger partial charge is 0.238 e. The molecule has 0 N–H and O–H groups in total. The number of hydrogen-bond donors (Lipinski definition) is 0. The van der Waals surface area contributed by atoms with Gasteiger partial charge in [0.1, 0.15) is 17.2 Å². The second kappa shape index (κ2) is 8.26. The van der Waals surface area contributed by atoms with Crippen LogP contribution in [0.2, 0.25) is 0 Å². The fourth-order valence-corrected chi connectivity index (χ4v) is 4.34. The van der Waals surface area contributed by atoms with E-state index in [1.54, 1.807) is 19.6 Å². The highest BCUT2D eigenvalue weighted by molar-refractivity contribution is 5.57. The molecule has 34 heavy (non-hydrogen) atoms. The van der Waals surface area contributed by atoms with Crippen molar-refractivity contribution in [3.8, 4) is 34.4 Å². The number of pyridine rings is 1. The molecule has 0 amide bonds. The molecule has 5 heterocycles. The van der Waals surface area contributed by atoms with Gasteiger partial charge in [-0.25, -0.2) is 24.6 Å². The van der Waals surface area contributed by atoms with Crippen LogP contribution in [-0.4, -0.2) is 41.4 Å². The number of rotatable bonds is 5. The van der Waals surface area contributed by atoms with Crippen LogP contribution in [0.3, 0.4) is 0 Å². The molecule has 0 saturated heterocycles. The van der Waals surface area contributed by atoms with Crippen molar-refractivity contribution >= 4 is 0 Å². The van der Waals surface area contributed by atoms with Crippen LogP contribution in [0, 0.1) is 6.92 Å². The van der Waals surface area contributed by atoms with E-state index in [1.807, 2.05) is 64.8 Å². The average Bonchev–Trinajstić information content (AvgIpc) is 3.63. The number of hydrogen-bond acceptors (Lipinski definition) is 7. The first-order valence-corrected chi connectivity index (χ1v) is 11.2. The van der Waals surface area contributed by atoms with E-state index in [9.17, 15) is 0 Å². The van der Waals surface area contributed by atoms with E-state index in [2.05, 4.69) is 15.0 Å². The predicted molar refractivity (Wildman–Crippen MR) is 125 cm³/mol. The molecule has 1 aromatic carbocycles. The second-order valence-corrected chi connectivity index (χ2v) is 8.29. The fourth-order valence-electron chi connectivity index (χ4n) is 4.34. The summed E-state index contributed by atoms with van der Waals surface area (Å²) in [6.07, 6.45) is 7.33. The van der Waals surface area contributed by atoms with Crippen LogP contribution < -0.4 is 4.74 Å². The number of methoxy groups -OCH3 is 1. The minimum absolute atomic E-state index is 0.0532. The molecule has 6 rings (SSSR count). The van der Waals surface area contributed by atoms with Crippen molar-refractivity contribution in [1.29, 1.82) is 0 Å². The van der Waals surface area contributed by atoms with Gasteiger partial charge in [0.05, 0.1) is 31.2 Å². The minimum Gasteiger partial charge on any atom is -0.479 e. The maximum Gasteiger partial charge on any atom is 0.238 e. The molecule has 4 aromatic heterocycles. The Morgan fingerprint density at radius 1 is 1.06 bits per heavy atom. The summed E-state index contributed by atoms with van der Waals surface area (Å²) >= 11 is 0. The van der Waals surface area contributed by atoms with Crippen molar-refractivity contribution in [2.24, 2.45) is 0 Å². The number of imidazole rings is 1. The maximum absolute atomic E-state index is 6.15. The van der Waals surface area contributed by atoms with Gasteiger partial charge in [-0.3, -0.25) is 0 Å². The fraction of sp³-hybridized carbons (Fsp3) is 0.240. The quantitative estimate of drug-likeness (QED) is 0.388. The molecular formula is C25H23N7O2. The third-order valence-electron chi connectivity index (χ3n) is 6.01. The Morgan fingerprint density at radius 2 is 1.94 bits per heavy atom. The van der Waals surface area contributed by atoms with Crippen molar-refractivity contribution in [3.05, 3.63) is 78.6 Å². The van der Waals surface area contributed by atoms with Crippen molar-refractivity contribution in [2.45, 2.75) is 32.2 Å². The van der Waals surface area contributed by atoms with Crippen LogP contribution in [-0.2, 0) is 6.54 Å². The summed E-state index contributed by atoms with van der Waals surface area (Å²) in [5, 5.41) is 4.74. The van der Waals surface area contributed by atoms with E-state index in [1.165, 1.54) is 0 Å². The van der Waals surface area contributed by atoms with Gasteiger partial charge in [0.25, 0.3) is 0 Å². The van der Waals surface area contributed by atoms with Crippen molar-refractivity contribution in [2.75, 3.05) is 7.11 Å². The Kier molecular flexibility index (Phi) is 4.94. The normalized spacial score (nSPS) is 15.3. The summed E-state index contributed by atoms with van der Waals surface area (Å²) in [7, 11) is 1.61. The van der Waals surface area contributed by atoms with Crippen LogP contribution in [0.5, 0.6) is 5.88 Å². The summed E-state index contributed by atoms with van der Waals surface area (Å²) in [5.74, 6) is 3.25. The Hall–Kier alpha value is -4.27. The Bertz CT molecular complexity index is 1450. The largest absolute Gasteiger partial charge is 0.479 e. The highest BCUT2D eigenvalue weighted by Crippen LogP contribution is 2.35. The Morgan fingerprint density at radius 3 is 2.74 bits per heavy atom. The molecule has 1 atom stereocenters. The van der Waals surface area contributed by atoms with E-state index in [0.29, 0.717) is 23.3 Å². The lowest BCUT2D eigenvalue weighted by molar-refractivity contribution is 0.387. The van der Waals surface area contributed by atoms with E-state index >= 15 is 0 Å². The zero-order valence-corrected chi connectivity index (χ0v) is 18.9. The summed E-state index contributed by atoms with van der Waals surface area (Å²) in [5.41, 5.74) is 3.38. The number of aryl methyl sites for hydroxylation is 2. The van der Waals surface area contributed by atoms with Gasteiger partial charge in [0, 0.05) is 18.3 Å². The molecule has 1 unspecified atom stereocenters. The third-order valence-corrected chi connectivity index (χ3v) is 6.01. The van der Waals surface area contributed by atoms with Gasteiger partial charge in [0.15, 0.2) is 11.6 Å². The van der Waals surface area contributed by atoms with Gasteiger partial charge in [0.2, 0.25) is 11.8 Å². The van der Waals surface area contributed by atoms with Crippen LogP contribution in [0.15, 0.2) is 65.6 Å². The first-order chi connectivity index (χ1) is 16.7. The van der Waals surface area contributed by atoms with E-state index in [0.717, 1.165) is 47.9 Å². The molecule has 0 saturated carbocycles. The standard InChI is InChI=1S/C25H23N7O2/c1-16-14-31(15-27-16)20-11-10-19(28-25(20)33-2)22-29-23-18(9-6-12-32(23)30-22)24-26-13-21(34-24)17-7-4-3-5-8-17/h3-5,7-8,10-11,13-15,18H,6,9,12H2,1-2H3. The van der Waals surface area contributed by atoms with Gasteiger partial charge in [-0.2, -0.15) is 0 Å². The van der Waals surface area contributed by atoms with Crippen molar-refractivity contribution in [3.63, 3.8) is 0 Å². The number of benzene rings is 1. The minimum atomic E-state index is -0.0532. The first kappa shape index (κ1) is 20.3. The first-order valence-electron chi connectivity index (χ1n) is 11.2. The molecule has 1 aliphatic heterocycles. The molecule has 0 bridgehead atoms. The lowest BCUT2D eigenvalue weighted by Gasteiger charge is -2.19. The summed E-state index contributed by atoms with van der Waals surface area (Å²) in [6.45, 7) is 2.74.